The molecular weight excluding hydrogens is 445 g/mol. The van der Waals surface area contributed by atoms with Gasteiger partial charge in [-0.1, -0.05) is 0 Å². The molecule has 0 aliphatic carbocycles. The second-order valence-corrected chi connectivity index (χ2v) is 10.2. The van der Waals surface area contributed by atoms with E-state index in [-0.39, 0.29) is 5.04 Å². The van der Waals surface area contributed by atoms with Gasteiger partial charge in [-0.15, -0.1) is 0 Å². The Balaban J connectivity index is 2.87. The van der Waals surface area contributed by atoms with Gasteiger partial charge in [-0.25, -0.2) is 0 Å². The van der Waals surface area contributed by atoms with Crippen LogP contribution in [0.3, 0.4) is 0 Å². The third kappa shape index (κ3) is 7.67. The van der Waals surface area contributed by atoms with Crippen LogP contribution in [0, 0.1) is 0 Å². The number of aliphatic hydroxyl groups excluding tert-OH is 4. The fourth-order valence-corrected chi connectivity index (χ4v) is 4.01. The van der Waals surface area contributed by atoms with E-state index in [9.17, 15) is 28.8 Å². The zero-order chi connectivity index (χ0) is 19.2. The molecule has 1 saturated heterocycles. The van der Waals surface area contributed by atoms with E-state index in [0.29, 0.717) is 32.6 Å². The van der Waals surface area contributed by atoms with Gasteiger partial charge in [-0.3, -0.25) is 0 Å². The maximum absolute atomic E-state index is 10.7. The van der Waals surface area contributed by atoms with E-state index in [1.165, 1.54) is 0 Å². The molecule has 0 amide bonds. The first-order valence-corrected chi connectivity index (χ1v) is 12.3. The van der Waals surface area contributed by atoms with Gasteiger partial charge in [0.05, 0.1) is 0 Å². The fourth-order valence-electron chi connectivity index (χ4n) is 1.96. The van der Waals surface area contributed by atoms with Crippen LogP contribution >= 0.6 is 11.8 Å². The van der Waals surface area contributed by atoms with Crippen LogP contribution in [0.2, 0.25) is 10.6 Å². The molecule has 13 heteroatoms. The predicted molar refractivity (Wildman–Crippen MR) is 91.7 cm³/mol. The molecule has 0 spiro atoms. The van der Waals surface area contributed by atoms with Gasteiger partial charge >= 0.3 is 157 Å². The first kappa shape index (κ1) is 23.1. The van der Waals surface area contributed by atoms with Gasteiger partial charge in [0, 0.05) is 0 Å². The van der Waals surface area contributed by atoms with Crippen molar-refractivity contribution in [3.05, 3.63) is 0 Å². The zero-order valence-corrected chi connectivity index (χ0v) is 17.0. The monoisotopic (exact) mass is 469 g/mol. The Morgan fingerprint density at radius 2 is 1.96 bits per heavy atom. The molecule has 0 aromatic heterocycles. The van der Waals surface area contributed by atoms with Gasteiger partial charge in [-0.05, 0) is 0 Å². The van der Waals surface area contributed by atoms with E-state index >= 15 is 0 Å². The van der Waals surface area contributed by atoms with Gasteiger partial charge < -0.3 is 0 Å². The van der Waals surface area contributed by atoms with Crippen LogP contribution in [0.4, 0.5) is 0 Å². The van der Waals surface area contributed by atoms with E-state index < -0.39 is 46.9 Å². The van der Waals surface area contributed by atoms with Crippen molar-refractivity contribution in [2.24, 2.45) is 5.16 Å². The minimum absolute atomic E-state index is 0.123. The average molecular weight is 468 g/mol. The van der Waals surface area contributed by atoms with Gasteiger partial charge in [0.2, 0.25) is 0 Å². The van der Waals surface area contributed by atoms with Crippen molar-refractivity contribution < 1.29 is 42.4 Å². The van der Waals surface area contributed by atoms with Crippen molar-refractivity contribution in [1.29, 1.82) is 0 Å². The molecule has 0 radical (unpaired) electrons. The molecule has 5 N–H and O–H groups in total. The average Bonchev–Trinajstić information content (AvgIpc) is 2.56. The second kappa shape index (κ2) is 10.4. The Morgan fingerprint density at radius 1 is 1.32 bits per heavy atom. The van der Waals surface area contributed by atoms with Crippen molar-refractivity contribution in [3.63, 3.8) is 0 Å². The molecule has 1 aliphatic heterocycles. The van der Waals surface area contributed by atoms with Crippen LogP contribution in [0.15, 0.2) is 5.16 Å². The summed E-state index contributed by atoms with van der Waals surface area (Å²) in [7, 11) is -4.78. The number of oxime groups is 1. The van der Waals surface area contributed by atoms with Gasteiger partial charge in [0.25, 0.3) is 0 Å². The van der Waals surface area contributed by atoms with Gasteiger partial charge in [0.1, 0.15) is 0 Å². The van der Waals surface area contributed by atoms with Crippen LogP contribution in [0.5, 0.6) is 0 Å². The molecule has 25 heavy (non-hydrogen) atoms. The third-order valence-corrected chi connectivity index (χ3v) is 7.12. The van der Waals surface area contributed by atoms with Crippen LogP contribution in [0.25, 0.3) is 0 Å². The first-order valence-electron chi connectivity index (χ1n) is 7.32. The van der Waals surface area contributed by atoms with Crippen LogP contribution in [0.1, 0.15) is 19.8 Å². The Morgan fingerprint density at radius 3 is 2.48 bits per heavy atom. The predicted octanol–water partition coefficient (Wildman–Crippen LogP) is -1.01. The fraction of sp³-hybridized carbons (Fsp3) is 0.917. The number of rotatable bonds is 8. The van der Waals surface area contributed by atoms with Crippen molar-refractivity contribution in [1.82, 2.24) is 0 Å². The summed E-state index contributed by atoms with van der Waals surface area (Å²) in [5, 5.41) is 42.3. The summed E-state index contributed by atoms with van der Waals surface area (Å²) in [5.41, 5.74) is -1.11. The molecular formula is C12H23NO9S2Se. The van der Waals surface area contributed by atoms with E-state index in [1.54, 1.807) is 0 Å². The van der Waals surface area contributed by atoms with E-state index in [1.807, 2.05) is 12.7 Å². The molecule has 0 saturated carbocycles. The summed E-state index contributed by atoms with van der Waals surface area (Å²) < 4.78 is 39.5. The van der Waals surface area contributed by atoms with E-state index in [2.05, 4.69) is 9.44 Å². The van der Waals surface area contributed by atoms with Gasteiger partial charge in [-0.2, -0.15) is 0 Å². The minimum atomic E-state index is -4.78. The third-order valence-electron chi connectivity index (χ3n) is 3.50. The second-order valence-electron chi connectivity index (χ2n) is 5.39. The number of ether oxygens (including phenoxy) is 1. The van der Waals surface area contributed by atoms with Crippen LogP contribution in [-0.4, -0.2) is 89.9 Å². The molecule has 10 nitrogen and oxygen atoms in total. The molecule has 1 aliphatic rings. The summed E-state index contributed by atoms with van der Waals surface area (Å²) in [4.78, 5) is 0.374. The Labute approximate surface area is 156 Å². The standard InChI is InChI=1S/C12H23NO9S2Se/c1-6(25-2)3-4-8(13-22-24(18,19)20)23-12-11(17)10(16)9(15)7(5-14)21-12/h6-7,9-12,14-17H,3-5H2,1-2H3,(H,18,19,20)/b13-8-/t6?,7-,9-,10+,11-,12+/m1/s1. The van der Waals surface area contributed by atoms with E-state index in [0.717, 1.165) is 11.8 Å². The van der Waals surface area contributed by atoms with E-state index in [4.69, 9.17) is 9.29 Å². The topological polar surface area (TPSA) is 166 Å². The molecule has 1 heterocycles. The number of hydrogen-bond acceptors (Lipinski definition) is 10. The SMILES string of the molecule is C[Se]C(C)CC/C(=N/OS(=O)(=O)O)S[C@@H]1O[C@H](CO)[C@@H](O)[C@H](O)[C@H]1O. The number of aliphatic hydroxyl groups is 4. The summed E-state index contributed by atoms with van der Waals surface area (Å²) in [6.45, 7) is 1.44. The van der Waals surface area contributed by atoms with Gasteiger partial charge in [0.15, 0.2) is 0 Å². The molecule has 1 fully saturated rings. The molecule has 6 atom stereocenters. The number of nitrogens with zero attached hydrogens (tertiary/aromatic N) is 1. The van der Waals surface area contributed by atoms with Crippen molar-refractivity contribution >= 4 is 42.2 Å². The zero-order valence-electron chi connectivity index (χ0n) is 13.6. The molecule has 1 unspecified atom stereocenters. The molecule has 0 aromatic rings. The van der Waals surface area contributed by atoms with Crippen LogP contribution < -0.4 is 0 Å². The first-order chi connectivity index (χ1) is 11.6. The summed E-state index contributed by atoms with van der Waals surface area (Å²) in [5.74, 6) is 2.05. The Bertz CT molecular complexity index is 545. The number of hydrogen-bond donors (Lipinski definition) is 5. The van der Waals surface area contributed by atoms with Crippen molar-refractivity contribution in [2.75, 3.05) is 6.61 Å². The normalized spacial score (nSPS) is 32.4. The molecule has 148 valence electrons. The summed E-state index contributed by atoms with van der Waals surface area (Å²) >= 11 is 1.16. The molecule has 1 rings (SSSR count). The molecule has 0 aromatic carbocycles. The van der Waals surface area contributed by atoms with Crippen molar-refractivity contribution in [2.45, 2.75) is 60.3 Å². The maximum atomic E-state index is 10.7. The number of thioether (sulfide) groups is 1. The van der Waals surface area contributed by atoms with Crippen molar-refractivity contribution in [3.8, 4) is 0 Å². The Hall–Kier alpha value is 0.0495. The van der Waals surface area contributed by atoms with Crippen LogP contribution in [-0.2, 0) is 19.4 Å². The Kier molecular flexibility index (Phi) is 9.61. The quantitative estimate of drug-likeness (QED) is 0.0980. The summed E-state index contributed by atoms with van der Waals surface area (Å²) in [6, 6.07) is 0. The summed E-state index contributed by atoms with van der Waals surface area (Å²) in [6.07, 6.45) is -4.66. The molecule has 0 bridgehead atoms.